The Morgan fingerprint density at radius 3 is 2.52 bits per heavy atom. The van der Waals surface area contributed by atoms with Crippen molar-refractivity contribution in [2.75, 3.05) is 6.54 Å². The second kappa shape index (κ2) is 7.18. The molecule has 2 aliphatic rings. The van der Waals surface area contributed by atoms with Crippen LogP contribution in [-0.4, -0.2) is 18.5 Å². The zero-order valence-corrected chi connectivity index (χ0v) is 15.4. The van der Waals surface area contributed by atoms with E-state index in [1.54, 1.807) is 0 Å². The smallest absolute Gasteiger partial charge is 0.249 e. The fourth-order valence-electron chi connectivity index (χ4n) is 3.75. The quantitative estimate of drug-likeness (QED) is 0.829. The van der Waals surface area contributed by atoms with Gasteiger partial charge < -0.3 is 10.6 Å². The van der Waals surface area contributed by atoms with Gasteiger partial charge in [0.05, 0.1) is 6.04 Å². The van der Waals surface area contributed by atoms with Gasteiger partial charge in [0.25, 0.3) is 0 Å². The number of carbonyl (C=O) groups is 1. The molecule has 1 aliphatic heterocycles. The third-order valence-corrected chi connectivity index (χ3v) is 5.73. The normalized spacial score (nSPS) is 26.3. The molecular formula is C19H25BrN2O. The van der Waals surface area contributed by atoms with E-state index in [1.165, 1.54) is 25.7 Å². The zero-order valence-electron chi connectivity index (χ0n) is 13.9. The van der Waals surface area contributed by atoms with Gasteiger partial charge in [-0.1, -0.05) is 47.8 Å². The number of hydrogen-bond donors (Lipinski definition) is 2. The van der Waals surface area contributed by atoms with E-state index in [0.29, 0.717) is 18.5 Å². The van der Waals surface area contributed by atoms with Crippen molar-refractivity contribution >= 4 is 21.8 Å². The molecular weight excluding hydrogens is 352 g/mol. The minimum Gasteiger partial charge on any atom is -0.348 e. The number of hydrogen-bond acceptors (Lipinski definition) is 2. The molecule has 3 atom stereocenters. The van der Waals surface area contributed by atoms with Crippen LogP contribution in [-0.2, 0) is 4.79 Å². The van der Waals surface area contributed by atoms with Gasteiger partial charge in [0.2, 0.25) is 5.91 Å². The van der Waals surface area contributed by atoms with Gasteiger partial charge in [0.15, 0.2) is 0 Å². The Morgan fingerprint density at radius 2 is 1.91 bits per heavy atom. The van der Waals surface area contributed by atoms with Crippen LogP contribution in [0, 0.1) is 5.92 Å². The summed E-state index contributed by atoms with van der Waals surface area (Å²) < 4.78 is 1.06. The van der Waals surface area contributed by atoms with Crippen molar-refractivity contribution in [2.24, 2.45) is 5.92 Å². The fourth-order valence-corrected chi connectivity index (χ4v) is 4.02. The minimum atomic E-state index is -0.0175. The molecule has 3 rings (SSSR count). The van der Waals surface area contributed by atoms with Crippen molar-refractivity contribution in [1.29, 1.82) is 0 Å². The highest BCUT2D eigenvalue weighted by Gasteiger charge is 2.32. The van der Waals surface area contributed by atoms with Gasteiger partial charge in [-0.3, -0.25) is 4.79 Å². The average Bonchev–Trinajstić information content (AvgIpc) is 2.87. The number of nitrogens with one attached hydrogen (secondary N) is 2. The van der Waals surface area contributed by atoms with Gasteiger partial charge in [-0.2, -0.15) is 0 Å². The summed E-state index contributed by atoms with van der Waals surface area (Å²) in [5.74, 6) is 0.735. The van der Waals surface area contributed by atoms with E-state index in [-0.39, 0.29) is 11.9 Å². The van der Waals surface area contributed by atoms with Gasteiger partial charge in [0, 0.05) is 22.6 Å². The highest BCUT2D eigenvalue weighted by molar-refractivity contribution is 9.10. The van der Waals surface area contributed by atoms with Crippen LogP contribution in [0.1, 0.15) is 51.1 Å². The number of amides is 1. The average molecular weight is 377 g/mol. The number of rotatable bonds is 4. The summed E-state index contributed by atoms with van der Waals surface area (Å²) in [6, 6.07) is 8.79. The topological polar surface area (TPSA) is 41.1 Å². The van der Waals surface area contributed by atoms with Gasteiger partial charge in [0.1, 0.15) is 0 Å². The lowest BCUT2D eigenvalue weighted by Gasteiger charge is -2.34. The summed E-state index contributed by atoms with van der Waals surface area (Å²) in [5, 5.41) is 6.78. The lowest BCUT2D eigenvalue weighted by atomic mass is 9.84. The summed E-state index contributed by atoms with van der Waals surface area (Å²) in [6.45, 7) is 5.06. The van der Waals surface area contributed by atoms with Crippen molar-refractivity contribution in [1.82, 2.24) is 10.6 Å². The van der Waals surface area contributed by atoms with Gasteiger partial charge in [-0.25, -0.2) is 0 Å². The molecule has 0 unspecified atom stereocenters. The second-order valence-electron chi connectivity index (χ2n) is 6.90. The van der Waals surface area contributed by atoms with E-state index < -0.39 is 0 Å². The van der Waals surface area contributed by atoms with Gasteiger partial charge in [-0.05, 0) is 49.0 Å². The lowest BCUT2D eigenvalue weighted by Crippen LogP contribution is -2.41. The second-order valence-corrected chi connectivity index (χ2v) is 7.81. The third kappa shape index (κ3) is 3.69. The van der Waals surface area contributed by atoms with Crippen LogP contribution >= 0.6 is 15.9 Å². The van der Waals surface area contributed by atoms with Crippen LogP contribution in [0.25, 0.3) is 0 Å². The van der Waals surface area contributed by atoms with Crippen molar-refractivity contribution in [3.8, 4) is 0 Å². The fraction of sp³-hybridized carbons (Fsp3) is 0.526. The molecule has 1 amide bonds. The monoisotopic (exact) mass is 376 g/mol. The third-order valence-electron chi connectivity index (χ3n) is 5.20. The summed E-state index contributed by atoms with van der Waals surface area (Å²) >= 11 is 3.50. The predicted octanol–water partition coefficient (Wildman–Crippen LogP) is 4.10. The predicted molar refractivity (Wildman–Crippen MR) is 97.1 cm³/mol. The maximum Gasteiger partial charge on any atom is 0.249 e. The van der Waals surface area contributed by atoms with Crippen LogP contribution in [0.2, 0.25) is 0 Å². The van der Waals surface area contributed by atoms with E-state index in [1.807, 2.05) is 0 Å². The summed E-state index contributed by atoms with van der Waals surface area (Å²) in [4.78, 5) is 12.4. The molecule has 2 N–H and O–H groups in total. The molecule has 0 bridgehead atoms. The Bertz CT molecular complexity index is 608. The molecule has 0 saturated heterocycles. The molecule has 3 nitrogen and oxygen atoms in total. The largest absolute Gasteiger partial charge is 0.348 e. The van der Waals surface area contributed by atoms with Crippen molar-refractivity contribution in [3.05, 3.63) is 45.4 Å². The van der Waals surface area contributed by atoms with Crippen LogP contribution < -0.4 is 10.6 Å². The summed E-state index contributed by atoms with van der Waals surface area (Å²) in [5.41, 5.74) is 3.22. The lowest BCUT2D eigenvalue weighted by molar-refractivity contribution is -0.117. The minimum absolute atomic E-state index is 0.0175. The first-order chi connectivity index (χ1) is 11.1. The highest BCUT2D eigenvalue weighted by Crippen LogP contribution is 2.32. The van der Waals surface area contributed by atoms with Gasteiger partial charge >= 0.3 is 0 Å². The first-order valence-corrected chi connectivity index (χ1v) is 9.35. The summed E-state index contributed by atoms with van der Waals surface area (Å²) in [6.07, 6.45) is 5.07. The molecule has 4 heteroatoms. The molecule has 0 aromatic heterocycles. The molecule has 0 spiro atoms. The van der Waals surface area contributed by atoms with E-state index in [2.05, 4.69) is 64.7 Å². The van der Waals surface area contributed by atoms with Crippen molar-refractivity contribution < 1.29 is 4.79 Å². The maximum absolute atomic E-state index is 12.4. The van der Waals surface area contributed by atoms with Crippen LogP contribution in [0.4, 0.5) is 0 Å². The molecule has 1 aromatic carbocycles. The van der Waals surface area contributed by atoms with E-state index >= 15 is 0 Å². The molecule has 1 fully saturated rings. The van der Waals surface area contributed by atoms with E-state index in [4.69, 9.17) is 0 Å². The molecule has 23 heavy (non-hydrogen) atoms. The molecule has 0 radical (unpaired) electrons. The molecule has 1 saturated carbocycles. The van der Waals surface area contributed by atoms with E-state index in [9.17, 15) is 4.79 Å². The molecule has 1 aromatic rings. The van der Waals surface area contributed by atoms with Crippen LogP contribution in [0.15, 0.2) is 39.9 Å². The first-order valence-electron chi connectivity index (χ1n) is 8.55. The van der Waals surface area contributed by atoms with Crippen LogP contribution in [0.5, 0.6) is 0 Å². The van der Waals surface area contributed by atoms with Crippen molar-refractivity contribution in [2.45, 2.75) is 51.6 Å². The Balaban J connectivity index is 1.91. The summed E-state index contributed by atoms with van der Waals surface area (Å²) in [7, 11) is 0. The molecule has 1 heterocycles. The maximum atomic E-state index is 12.4. The Kier molecular flexibility index (Phi) is 5.22. The SMILES string of the molecule is CC1=C([C@@H](N[C@@H]2CCCC[C@H]2C)c2ccc(Br)cc2)C(=O)NC1. The van der Waals surface area contributed by atoms with Crippen molar-refractivity contribution in [3.63, 3.8) is 0 Å². The Morgan fingerprint density at radius 1 is 1.22 bits per heavy atom. The number of carbonyl (C=O) groups excluding carboxylic acids is 1. The Hall–Kier alpha value is -1.13. The molecule has 1 aliphatic carbocycles. The standard InChI is InChI=1S/C19H25BrN2O/c1-12-5-3-4-6-16(12)22-18(14-7-9-15(20)10-8-14)17-13(2)11-21-19(17)23/h7-10,12,16,18,22H,3-6,11H2,1-2H3,(H,21,23)/t12-,16-,18+/m1/s1. The number of halogens is 1. The Labute approximate surface area is 147 Å². The van der Waals surface area contributed by atoms with Gasteiger partial charge in [-0.15, -0.1) is 0 Å². The number of benzene rings is 1. The highest BCUT2D eigenvalue weighted by atomic mass is 79.9. The van der Waals surface area contributed by atoms with Crippen LogP contribution in [0.3, 0.4) is 0 Å². The molecule has 124 valence electrons. The van der Waals surface area contributed by atoms with E-state index in [0.717, 1.165) is 21.2 Å². The first kappa shape index (κ1) is 16.7. The zero-order chi connectivity index (χ0) is 16.4.